The first kappa shape index (κ1) is 53.0. The van der Waals surface area contributed by atoms with Crippen LogP contribution in [0, 0.1) is 20.2 Å². The second-order valence-corrected chi connectivity index (χ2v) is 14.2. The molecule has 0 aliphatic carbocycles. The number of hydrogen-bond donors (Lipinski definition) is 4. The first-order valence-corrected chi connectivity index (χ1v) is 20.1. The minimum atomic E-state index is -0.974. The highest BCUT2D eigenvalue weighted by Crippen LogP contribution is 2.47. The van der Waals surface area contributed by atoms with Crippen molar-refractivity contribution < 1.29 is 77.8 Å². The number of phenols is 4. The van der Waals surface area contributed by atoms with Crippen molar-refractivity contribution in [2.45, 2.75) is 45.1 Å². The summed E-state index contributed by atoms with van der Waals surface area (Å²) in [6.07, 6.45) is 4.96. The van der Waals surface area contributed by atoms with Crippen LogP contribution in [0.3, 0.4) is 0 Å². The molecule has 0 saturated heterocycles. The summed E-state index contributed by atoms with van der Waals surface area (Å²) in [6.45, 7) is 6.61. The van der Waals surface area contributed by atoms with Crippen molar-refractivity contribution >= 4 is 46.5 Å². The molecule has 22 heteroatoms. The average Bonchev–Trinajstić information content (AvgIpc) is 3.29. The van der Waals surface area contributed by atoms with Crippen LogP contribution in [0.1, 0.15) is 62.2 Å². The molecule has 0 heterocycles. The van der Waals surface area contributed by atoms with Gasteiger partial charge in [0.1, 0.15) is 40.7 Å². The molecule has 0 aliphatic heterocycles. The van der Waals surface area contributed by atoms with Crippen LogP contribution in [-0.4, -0.2) is 91.5 Å². The molecule has 0 atom stereocenters. The molecule has 356 valence electrons. The van der Waals surface area contributed by atoms with Gasteiger partial charge in [0.2, 0.25) is 11.5 Å². The van der Waals surface area contributed by atoms with E-state index in [9.17, 15) is 50.2 Å². The third kappa shape index (κ3) is 12.1. The van der Waals surface area contributed by atoms with Gasteiger partial charge in [0.25, 0.3) is 0 Å². The molecular formula is C44H48Cl2N2O18. The predicted octanol–water partition coefficient (Wildman–Crippen LogP) is 8.75. The van der Waals surface area contributed by atoms with Gasteiger partial charge < -0.3 is 58.3 Å². The van der Waals surface area contributed by atoms with Crippen molar-refractivity contribution in [3.05, 3.63) is 113 Å². The van der Waals surface area contributed by atoms with E-state index in [4.69, 9.17) is 61.1 Å². The predicted molar refractivity (Wildman–Crippen MR) is 240 cm³/mol. The molecule has 0 saturated carbocycles. The highest BCUT2D eigenvalue weighted by atomic mass is 35.5. The SMILES string of the molecule is C=CCCc1c(Cl)c(O)cc(O)c1C(=O)OCCCc1c(OC)c(OC)cc([N+](=O)[O-])c1OC.C=CCCc1c(Cl)c(O)cc(O)c1C(=O)OCc1c(OC)c(OC)cc([N+](=O)[O-])c1OC. The number of benzene rings is 4. The number of nitrogens with zero attached hydrogens (tertiary/aromatic N) is 2. The van der Waals surface area contributed by atoms with E-state index in [0.29, 0.717) is 18.4 Å². The molecule has 0 bridgehead atoms. The molecule has 0 radical (unpaired) electrons. The number of phenolic OH excluding ortho intramolecular Hbond substituents is 4. The van der Waals surface area contributed by atoms with Crippen LogP contribution in [-0.2, 0) is 35.3 Å². The lowest BCUT2D eigenvalue weighted by molar-refractivity contribution is -0.386. The standard InChI is InChI=1S/C23H26ClNO9.C21H22ClNO9/c1-5-6-8-13-19(16(26)12-17(27)20(13)24)23(28)34-10-7-9-14-21(32-3)15(25(29)30)11-18(31-2)22(14)33-4;1-5-6-7-11-17(14(24)9-15(25)18(11)22)21(26)32-10-12-19(30-3)13(23(27)28)8-16(29-2)20(12)31-4/h5,11-12,26-27H,1,6-10H2,2-4H3;5,8-9,24-25H,1,6-7,10H2,2-4H3. The van der Waals surface area contributed by atoms with E-state index in [1.807, 2.05) is 0 Å². The van der Waals surface area contributed by atoms with E-state index in [1.165, 1.54) is 48.7 Å². The van der Waals surface area contributed by atoms with Gasteiger partial charge in [-0.3, -0.25) is 20.2 Å². The molecule has 0 spiro atoms. The molecular weight excluding hydrogens is 915 g/mol. The zero-order valence-electron chi connectivity index (χ0n) is 36.7. The van der Waals surface area contributed by atoms with Crippen LogP contribution < -0.4 is 28.4 Å². The number of hydrogen-bond acceptors (Lipinski definition) is 18. The van der Waals surface area contributed by atoms with Crippen molar-refractivity contribution in [2.75, 3.05) is 49.3 Å². The maximum atomic E-state index is 12.9. The third-order valence-electron chi connectivity index (χ3n) is 9.59. The lowest BCUT2D eigenvalue weighted by atomic mass is 10.0. The molecule has 4 aromatic rings. The summed E-state index contributed by atoms with van der Waals surface area (Å²) in [7, 11) is 7.89. The molecule has 4 rings (SSSR count). The molecule has 0 aliphatic rings. The summed E-state index contributed by atoms with van der Waals surface area (Å²) >= 11 is 12.3. The van der Waals surface area contributed by atoms with E-state index >= 15 is 0 Å². The summed E-state index contributed by atoms with van der Waals surface area (Å²) in [6, 6.07) is 4.24. The largest absolute Gasteiger partial charge is 0.507 e. The van der Waals surface area contributed by atoms with E-state index < -0.39 is 51.3 Å². The second kappa shape index (κ2) is 24.7. The Balaban J connectivity index is 0.000000351. The van der Waals surface area contributed by atoms with Crippen LogP contribution in [0.15, 0.2) is 49.6 Å². The smallest absolute Gasteiger partial charge is 0.342 e. The van der Waals surface area contributed by atoms with Crippen LogP contribution in [0.4, 0.5) is 11.4 Å². The van der Waals surface area contributed by atoms with Gasteiger partial charge in [-0.25, -0.2) is 9.59 Å². The number of nitro benzene ring substituents is 2. The Kier molecular flexibility index (Phi) is 19.8. The zero-order valence-corrected chi connectivity index (χ0v) is 38.2. The fraction of sp³-hybridized carbons (Fsp3) is 0.318. The first-order chi connectivity index (χ1) is 31.4. The molecule has 0 unspecified atom stereocenters. The van der Waals surface area contributed by atoms with E-state index in [-0.39, 0.29) is 116 Å². The number of rotatable bonds is 22. The Hall–Kier alpha value is -7.32. The number of nitro groups is 2. The Morgan fingerprint density at radius 1 is 0.576 bits per heavy atom. The van der Waals surface area contributed by atoms with Gasteiger partial charge in [-0.05, 0) is 49.7 Å². The Labute approximate surface area is 388 Å². The monoisotopic (exact) mass is 962 g/mol. The molecule has 20 nitrogen and oxygen atoms in total. The minimum absolute atomic E-state index is 0.0173. The number of ether oxygens (including phenoxy) is 8. The van der Waals surface area contributed by atoms with Gasteiger partial charge in [-0.2, -0.15) is 0 Å². The van der Waals surface area contributed by atoms with E-state index in [2.05, 4.69) is 13.2 Å². The van der Waals surface area contributed by atoms with Crippen LogP contribution >= 0.6 is 23.2 Å². The van der Waals surface area contributed by atoms with Crippen molar-refractivity contribution in [3.8, 4) is 57.5 Å². The maximum absolute atomic E-state index is 12.9. The number of carbonyl (C=O) groups is 2. The Morgan fingerprint density at radius 2 is 0.970 bits per heavy atom. The minimum Gasteiger partial charge on any atom is -0.507 e. The number of halogens is 2. The first-order valence-electron chi connectivity index (χ1n) is 19.4. The van der Waals surface area contributed by atoms with Gasteiger partial charge in [0.05, 0.1) is 86.9 Å². The fourth-order valence-corrected chi connectivity index (χ4v) is 7.13. The van der Waals surface area contributed by atoms with Gasteiger partial charge in [0, 0.05) is 17.7 Å². The highest BCUT2D eigenvalue weighted by Gasteiger charge is 2.31. The van der Waals surface area contributed by atoms with Crippen LogP contribution in [0.25, 0.3) is 0 Å². The lowest BCUT2D eigenvalue weighted by Crippen LogP contribution is -2.11. The number of esters is 2. The van der Waals surface area contributed by atoms with E-state index in [1.54, 1.807) is 12.2 Å². The van der Waals surface area contributed by atoms with Gasteiger partial charge >= 0.3 is 23.3 Å². The molecule has 4 aromatic carbocycles. The summed E-state index contributed by atoms with van der Waals surface area (Å²) in [5.41, 5.74) is -0.246. The van der Waals surface area contributed by atoms with Crippen LogP contribution in [0.5, 0.6) is 57.5 Å². The van der Waals surface area contributed by atoms with Crippen molar-refractivity contribution in [1.82, 2.24) is 0 Å². The number of carbonyl (C=O) groups excluding carboxylic acids is 2. The van der Waals surface area contributed by atoms with Gasteiger partial charge in [0.15, 0.2) is 23.0 Å². The number of aromatic hydroxyl groups is 4. The third-order valence-corrected chi connectivity index (χ3v) is 10.4. The summed E-state index contributed by atoms with van der Waals surface area (Å²) < 4.78 is 42.1. The lowest BCUT2D eigenvalue weighted by Gasteiger charge is -2.17. The van der Waals surface area contributed by atoms with Gasteiger partial charge in [-0.15, -0.1) is 13.2 Å². The summed E-state index contributed by atoms with van der Waals surface area (Å²) in [4.78, 5) is 47.2. The molecule has 0 amide bonds. The van der Waals surface area contributed by atoms with Gasteiger partial charge in [-0.1, -0.05) is 35.4 Å². The quantitative estimate of drug-likeness (QED) is 0.0188. The normalized spacial score (nSPS) is 10.4. The van der Waals surface area contributed by atoms with Crippen molar-refractivity contribution in [3.63, 3.8) is 0 Å². The molecule has 0 aromatic heterocycles. The highest BCUT2D eigenvalue weighted by molar-refractivity contribution is 6.33. The molecule has 66 heavy (non-hydrogen) atoms. The fourth-order valence-electron chi connectivity index (χ4n) is 6.64. The average molecular weight is 964 g/mol. The molecule has 4 N–H and O–H groups in total. The maximum Gasteiger partial charge on any atom is 0.342 e. The Morgan fingerprint density at radius 3 is 1.35 bits per heavy atom. The number of methoxy groups -OCH3 is 6. The topological polar surface area (TPSA) is 275 Å². The van der Waals surface area contributed by atoms with E-state index in [0.717, 1.165) is 18.2 Å². The zero-order chi connectivity index (χ0) is 49.4. The van der Waals surface area contributed by atoms with Crippen molar-refractivity contribution in [1.29, 1.82) is 0 Å². The van der Waals surface area contributed by atoms with Crippen molar-refractivity contribution in [2.24, 2.45) is 0 Å². The summed E-state index contributed by atoms with van der Waals surface area (Å²) in [5.74, 6) is -3.17. The second-order valence-electron chi connectivity index (χ2n) is 13.4. The molecule has 0 fully saturated rings. The Bertz CT molecular complexity index is 2480. The number of allylic oxidation sites excluding steroid dienone is 2. The summed E-state index contributed by atoms with van der Waals surface area (Å²) in [5, 5.41) is 63.0. The van der Waals surface area contributed by atoms with Crippen LogP contribution in [0.2, 0.25) is 10.0 Å².